The number of nitrogens with zero attached hydrogens (tertiary/aromatic N) is 2. The van der Waals surface area contributed by atoms with Crippen LogP contribution in [0.4, 0.5) is 0 Å². The first kappa shape index (κ1) is 11.6. The molecule has 96 valence electrons. The first-order valence-corrected chi connectivity index (χ1v) is 6.34. The second kappa shape index (κ2) is 4.33. The topological polar surface area (TPSA) is 76.8 Å². The van der Waals surface area contributed by atoms with Gasteiger partial charge in [-0.05, 0) is 31.4 Å². The van der Waals surface area contributed by atoms with Gasteiger partial charge in [-0.2, -0.15) is 0 Å². The van der Waals surface area contributed by atoms with Gasteiger partial charge in [0.15, 0.2) is 5.65 Å². The van der Waals surface area contributed by atoms with E-state index in [0.717, 1.165) is 48.6 Å². The monoisotopic (exact) mass is 246 g/mol. The summed E-state index contributed by atoms with van der Waals surface area (Å²) < 4.78 is 5.43. The zero-order valence-corrected chi connectivity index (χ0v) is 10.6. The minimum absolute atomic E-state index is 0.0765. The lowest BCUT2D eigenvalue weighted by Crippen LogP contribution is -2.41. The molecule has 0 amide bonds. The molecule has 2 aromatic heterocycles. The summed E-state index contributed by atoms with van der Waals surface area (Å²) in [5.41, 5.74) is 8.80. The molecular weight excluding hydrogens is 228 g/mol. The molecule has 1 aliphatic rings. The number of H-pyrrole nitrogens is 1. The minimum Gasteiger partial charge on any atom is -0.381 e. The highest BCUT2D eigenvalue weighted by molar-refractivity contribution is 5.71. The summed E-state index contributed by atoms with van der Waals surface area (Å²) in [4.78, 5) is 12.4. The molecule has 0 aromatic carbocycles. The average Bonchev–Trinajstić information content (AvgIpc) is 2.83. The van der Waals surface area contributed by atoms with E-state index in [4.69, 9.17) is 10.5 Å². The van der Waals surface area contributed by atoms with Crippen LogP contribution >= 0.6 is 0 Å². The first-order chi connectivity index (χ1) is 8.73. The quantitative estimate of drug-likeness (QED) is 0.836. The highest BCUT2D eigenvalue weighted by atomic mass is 16.5. The molecule has 0 saturated carbocycles. The summed E-state index contributed by atoms with van der Waals surface area (Å²) in [6.07, 6.45) is 3.68. The Kier molecular flexibility index (Phi) is 2.80. The molecule has 5 nitrogen and oxygen atoms in total. The lowest BCUT2D eigenvalue weighted by molar-refractivity contribution is 0.0503. The lowest BCUT2D eigenvalue weighted by Gasteiger charge is -2.34. The molecule has 3 rings (SSSR count). The standard InChI is InChI=1S/C13H18N4O/c1-9-6-10-11(15-7-9)17-12(16-10)13(8-14)2-4-18-5-3-13/h6-7H,2-5,8,14H2,1H3,(H,15,16,17). The average molecular weight is 246 g/mol. The van der Waals surface area contributed by atoms with Gasteiger partial charge >= 0.3 is 0 Å². The molecular formula is C13H18N4O. The van der Waals surface area contributed by atoms with Crippen LogP contribution in [-0.4, -0.2) is 34.7 Å². The molecule has 0 spiro atoms. The van der Waals surface area contributed by atoms with Crippen molar-refractivity contribution in [1.82, 2.24) is 15.0 Å². The number of aromatic nitrogens is 3. The Labute approximate surface area is 106 Å². The molecule has 18 heavy (non-hydrogen) atoms. The van der Waals surface area contributed by atoms with Gasteiger partial charge in [-0.1, -0.05) is 0 Å². The van der Waals surface area contributed by atoms with E-state index in [0.29, 0.717) is 6.54 Å². The summed E-state index contributed by atoms with van der Waals surface area (Å²) in [6.45, 7) is 4.12. The molecule has 0 atom stereocenters. The van der Waals surface area contributed by atoms with Crippen molar-refractivity contribution in [3.63, 3.8) is 0 Å². The van der Waals surface area contributed by atoms with Crippen LogP contribution < -0.4 is 5.73 Å². The van der Waals surface area contributed by atoms with E-state index in [1.165, 1.54) is 0 Å². The number of pyridine rings is 1. The zero-order valence-electron chi connectivity index (χ0n) is 10.6. The Bertz CT molecular complexity index is 557. The number of aromatic amines is 1. The van der Waals surface area contributed by atoms with Crippen LogP contribution in [0, 0.1) is 6.92 Å². The van der Waals surface area contributed by atoms with Crippen LogP contribution in [-0.2, 0) is 10.2 Å². The van der Waals surface area contributed by atoms with Gasteiger partial charge in [-0.15, -0.1) is 0 Å². The molecule has 1 aliphatic heterocycles. The number of nitrogens with one attached hydrogen (secondary N) is 1. The summed E-state index contributed by atoms with van der Waals surface area (Å²) in [5, 5.41) is 0. The number of ether oxygens (including phenoxy) is 1. The van der Waals surface area contributed by atoms with Crippen molar-refractivity contribution in [2.75, 3.05) is 19.8 Å². The van der Waals surface area contributed by atoms with Crippen LogP contribution in [0.25, 0.3) is 11.2 Å². The first-order valence-electron chi connectivity index (χ1n) is 6.34. The van der Waals surface area contributed by atoms with Gasteiger partial charge in [-0.25, -0.2) is 9.97 Å². The molecule has 5 heteroatoms. The second-order valence-electron chi connectivity index (χ2n) is 5.07. The number of imidazole rings is 1. The van der Waals surface area contributed by atoms with E-state index in [1.807, 2.05) is 13.1 Å². The van der Waals surface area contributed by atoms with E-state index in [9.17, 15) is 0 Å². The number of rotatable bonds is 2. The van der Waals surface area contributed by atoms with Gasteiger partial charge in [0.25, 0.3) is 0 Å². The molecule has 3 N–H and O–H groups in total. The number of aryl methyl sites for hydroxylation is 1. The van der Waals surface area contributed by atoms with Gasteiger partial charge in [-0.3, -0.25) is 0 Å². The molecule has 3 heterocycles. The van der Waals surface area contributed by atoms with Crippen LogP contribution in [0.5, 0.6) is 0 Å². The molecule has 1 fully saturated rings. The van der Waals surface area contributed by atoms with Crippen molar-refractivity contribution in [1.29, 1.82) is 0 Å². The van der Waals surface area contributed by atoms with Gasteiger partial charge < -0.3 is 15.5 Å². The van der Waals surface area contributed by atoms with Crippen molar-refractivity contribution in [3.05, 3.63) is 23.7 Å². The maximum Gasteiger partial charge on any atom is 0.177 e. The van der Waals surface area contributed by atoms with E-state index in [1.54, 1.807) is 0 Å². The number of hydrogen-bond donors (Lipinski definition) is 2. The van der Waals surface area contributed by atoms with Crippen LogP contribution in [0.2, 0.25) is 0 Å². The molecule has 2 aromatic rings. The van der Waals surface area contributed by atoms with Crippen LogP contribution in [0.15, 0.2) is 12.3 Å². The van der Waals surface area contributed by atoms with Gasteiger partial charge in [0.1, 0.15) is 5.82 Å². The molecule has 0 bridgehead atoms. The number of fused-ring (bicyclic) bond motifs is 1. The lowest BCUT2D eigenvalue weighted by atomic mass is 9.79. The number of hydrogen-bond acceptors (Lipinski definition) is 4. The Morgan fingerprint density at radius 2 is 2.22 bits per heavy atom. The Morgan fingerprint density at radius 3 is 2.94 bits per heavy atom. The Balaban J connectivity index is 2.06. The largest absolute Gasteiger partial charge is 0.381 e. The third-order valence-corrected chi connectivity index (χ3v) is 3.82. The van der Waals surface area contributed by atoms with E-state index < -0.39 is 0 Å². The predicted octanol–water partition coefficient (Wildman–Crippen LogP) is 1.27. The second-order valence-corrected chi connectivity index (χ2v) is 5.07. The molecule has 0 unspecified atom stereocenters. The maximum atomic E-state index is 5.99. The molecule has 0 radical (unpaired) electrons. The fraction of sp³-hybridized carbons (Fsp3) is 0.538. The van der Waals surface area contributed by atoms with Gasteiger partial charge in [0.2, 0.25) is 0 Å². The fourth-order valence-corrected chi connectivity index (χ4v) is 2.56. The zero-order chi connectivity index (χ0) is 12.6. The van der Waals surface area contributed by atoms with Crippen LogP contribution in [0.1, 0.15) is 24.2 Å². The smallest absolute Gasteiger partial charge is 0.177 e. The maximum absolute atomic E-state index is 5.99. The van der Waals surface area contributed by atoms with E-state index in [2.05, 4.69) is 21.0 Å². The normalized spacial score (nSPS) is 19.2. The van der Waals surface area contributed by atoms with Crippen molar-refractivity contribution < 1.29 is 4.74 Å². The fourth-order valence-electron chi connectivity index (χ4n) is 2.56. The third-order valence-electron chi connectivity index (χ3n) is 3.82. The van der Waals surface area contributed by atoms with Crippen LogP contribution in [0.3, 0.4) is 0 Å². The summed E-state index contributed by atoms with van der Waals surface area (Å²) in [5.74, 6) is 0.960. The van der Waals surface area contributed by atoms with Crippen molar-refractivity contribution in [2.45, 2.75) is 25.2 Å². The van der Waals surface area contributed by atoms with E-state index in [-0.39, 0.29) is 5.41 Å². The Morgan fingerprint density at radius 1 is 1.44 bits per heavy atom. The predicted molar refractivity (Wildman–Crippen MR) is 69.4 cm³/mol. The van der Waals surface area contributed by atoms with Gasteiger partial charge in [0, 0.05) is 31.4 Å². The number of nitrogens with two attached hydrogens (primary N) is 1. The summed E-state index contributed by atoms with van der Waals surface area (Å²) >= 11 is 0. The van der Waals surface area contributed by atoms with Gasteiger partial charge in [0.05, 0.1) is 5.52 Å². The minimum atomic E-state index is -0.0765. The SMILES string of the molecule is Cc1cnc2nc(C3(CN)CCOCC3)[nH]c2c1. The summed E-state index contributed by atoms with van der Waals surface area (Å²) in [7, 11) is 0. The third kappa shape index (κ3) is 1.79. The van der Waals surface area contributed by atoms with E-state index >= 15 is 0 Å². The van der Waals surface area contributed by atoms with Crippen molar-refractivity contribution in [2.24, 2.45) is 5.73 Å². The molecule has 1 saturated heterocycles. The Hall–Kier alpha value is -1.46. The van der Waals surface area contributed by atoms with Crippen molar-refractivity contribution in [3.8, 4) is 0 Å². The van der Waals surface area contributed by atoms with Crippen molar-refractivity contribution >= 4 is 11.2 Å². The summed E-state index contributed by atoms with van der Waals surface area (Å²) in [6, 6.07) is 2.07. The highest BCUT2D eigenvalue weighted by Crippen LogP contribution is 2.32. The highest BCUT2D eigenvalue weighted by Gasteiger charge is 2.36. The molecule has 0 aliphatic carbocycles.